The summed E-state index contributed by atoms with van der Waals surface area (Å²) in [6, 6.07) is 5.54. The van der Waals surface area contributed by atoms with Crippen molar-refractivity contribution in [3.8, 4) is 6.07 Å². The molecule has 1 aliphatic rings. The minimum absolute atomic E-state index is 0.0591. The monoisotopic (exact) mass is 323 g/mol. The Hall–Kier alpha value is -2.68. The van der Waals surface area contributed by atoms with E-state index < -0.39 is 0 Å². The van der Waals surface area contributed by atoms with Gasteiger partial charge in [-0.15, -0.1) is 0 Å². The van der Waals surface area contributed by atoms with Crippen molar-refractivity contribution < 1.29 is 4.79 Å². The summed E-state index contributed by atoms with van der Waals surface area (Å²) in [5.74, 6) is -0.0591. The predicted octanol–water partition coefficient (Wildman–Crippen LogP) is 2.46. The Bertz CT molecular complexity index is 789. The standard InChI is InChI=1S/C18H21N5O/c1-13-10-20-22(11-13)12-16-5-3-4-8-23(16)18(24)17-7-6-15(9-19)14(2)21-17/h6-7,10-11,16H,3-5,8,12H2,1-2H3/t16-/m0/s1. The van der Waals surface area contributed by atoms with Crippen molar-refractivity contribution in [3.63, 3.8) is 0 Å². The normalized spacial score (nSPS) is 17.5. The van der Waals surface area contributed by atoms with Crippen LogP contribution in [-0.4, -0.2) is 38.2 Å². The van der Waals surface area contributed by atoms with Crippen LogP contribution >= 0.6 is 0 Å². The van der Waals surface area contributed by atoms with Gasteiger partial charge >= 0.3 is 0 Å². The number of aryl methyl sites for hydroxylation is 2. The first kappa shape index (κ1) is 16.2. The van der Waals surface area contributed by atoms with E-state index in [1.807, 2.05) is 28.9 Å². The van der Waals surface area contributed by atoms with E-state index in [1.54, 1.807) is 19.1 Å². The van der Waals surface area contributed by atoms with Crippen LogP contribution in [0, 0.1) is 25.2 Å². The number of carbonyl (C=O) groups is 1. The summed E-state index contributed by atoms with van der Waals surface area (Å²) >= 11 is 0. The summed E-state index contributed by atoms with van der Waals surface area (Å²) in [7, 11) is 0. The number of pyridine rings is 1. The quantitative estimate of drug-likeness (QED) is 0.869. The third-order valence-corrected chi connectivity index (χ3v) is 4.47. The number of hydrogen-bond donors (Lipinski definition) is 0. The predicted molar refractivity (Wildman–Crippen MR) is 89.3 cm³/mol. The van der Waals surface area contributed by atoms with Gasteiger partial charge in [0.25, 0.3) is 5.91 Å². The van der Waals surface area contributed by atoms with E-state index in [9.17, 15) is 4.79 Å². The van der Waals surface area contributed by atoms with Gasteiger partial charge in [-0.3, -0.25) is 9.48 Å². The van der Waals surface area contributed by atoms with Crippen LogP contribution in [0.3, 0.4) is 0 Å². The lowest BCUT2D eigenvalue weighted by Gasteiger charge is -2.35. The molecule has 6 nitrogen and oxygen atoms in total. The molecule has 0 N–H and O–H groups in total. The van der Waals surface area contributed by atoms with Crippen LogP contribution in [-0.2, 0) is 6.54 Å². The number of amides is 1. The molecule has 1 amide bonds. The summed E-state index contributed by atoms with van der Waals surface area (Å²) in [6.07, 6.45) is 6.94. The van der Waals surface area contributed by atoms with Crippen LogP contribution < -0.4 is 0 Å². The molecular formula is C18H21N5O. The van der Waals surface area contributed by atoms with Crippen molar-refractivity contribution in [2.45, 2.75) is 45.7 Å². The van der Waals surface area contributed by atoms with Gasteiger partial charge in [0.15, 0.2) is 0 Å². The fraction of sp³-hybridized carbons (Fsp3) is 0.444. The van der Waals surface area contributed by atoms with E-state index >= 15 is 0 Å². The molecule has 6 heteroatoms. The third kappa shape index (κ3) is 3.30. The van der Waals surface area contributed by atoms with Gasteiger partial charge in [-0.2, -0.15) is 10.4 Å². The third-order valence-electron chi connectivity index (χ3n) is 4.47. The molecule has 24 heavy (non-hydrogen) atoms. The highest BCUT2D eigenvalue weighted by Gasteiger charge is 2.28. The summed E-state index contributed by atoms with van der Waals surface area (Å²) in [6.45, 7) is 5.21. The Morgan fingerprint density at radius 3 is 2.88 bits per heavy atom. The number of likely N-dealkylation sites (tertiary alicyclic amines) is 1. The van der Waals surface area contributed by atoms with E-state index in [4.69, 9.17) is 5.26 Å². The van der Waals surface area contributed by atoms with Gasteiger partial charge in [0.05, 0.1) is 30.0 Å². The molecule has 1 saturated heterocycles. The van der Waals surface area contributed by atoms with Gasteiger partial charge in [0.2, 0.25) is 0 Å². The van der Waals surface area contributed by atoms with Crippen molar-refractivity contribution in [3.05, 3.63) is 47.0 Å². The van der Waals surface area contributed by atoms with E-state index in [-0.39, 0.29) is 11.9 Å². The van der Waals surface area contributed by atoms with Crippen molar-refractivity contribution in [1.82, 2.24) is 19.7 Å². The summed E-state index contributed by atoms with van der Waals surface area (Å²) in [5, 5.41) is 13.3. The molecule has 1 aliphatic heterocycles. The van der Waals surface area contributed by atoms with Crippen molar-refractivity contribution in [2.24, 2.45) is 0 Å². The average molecular weight is 323 g/mol. The van der Waals surface area contributed by atoms with Crippen molar-refractivity contribution in [1.29, 1.82) is 5.26 Å². The van der Waals surface area contributed by atoms with Crippen LogP contribution in [0.5, 0.6) is 0 Å². The Labute approximate surface area is 141 Å². The number of carbonyl (C=O) groups excluding carboxylic acids is 1. The van der Waals surface area contributed by atoms with Gasteiger partial charge in [-0.05, 0) is 50.8 Å². The fourth-order valence-electron chi connectivity index (χ4n) is 3.19. The van der Waals surface area contributed by atoms with Crippen molar-refractivity contribution >= 4 is 5.91 Å². The highest BCUT2D eigenvalue weighted by molar-refractivity contribution is 5.92. The number of nitriles is 1. The van der Waals surface area contributed by atoms with Gasteiger partial charge in [-0.1, -0.05) is 0 Å². The zero-order chi connectivity index (χ0) is 17.1. The SMILES string of the molecule is Cc1cnn(C[C@@H]2CCCCN2C(=O)c2ccc(C#N)c(C)n2)c1. The zero-order valence-corrected chi connectivity index (χ0v) is 14.1. The molecule has 3 rings (SSSR count). The molecular weight excluding hydrogens is 302 g/mol. The molecule has 0 aliphatic carbocycles. The van der Waals surface area contributed by atoms with E-state index in [0.717, 1.165) is 31.4 Å². The van der Waals surface area contributed by atoms with E-state index in [2.05, 4.69) is 16.2 Å². The van der Waals surface area contributed by atoms with Crippen LogP contribution in [0.1, 0.15) is 46.6 Å². The Morgan fingerprint density at radius 2 is 2.21 bits per heavy atom. The summed E-state index contributed by atoms with van der Waals surface area (Å²) in [5.41, 5.74) is 2.64. The van der Waals surface area contributed by atoms with Crippen LogP contribution in [0.4, 0.5) is 0 Å². The highest BCUT2D eigenvalue weighted by atomic mass is 16.2. The lowest BCUT2D eigenvalue weighted by Crippen LogP contribution is -2.46. The molecule has 0 unspecified atom stereocenters. The minimum Gasteiger partial charge on any atom is -0.332 e. The van der Waals surface area contributed by atoms with E-state index in [1.165, 1.54) is 0 Å². The second-order valence-electron chi connectivity index (χ2n) is 6.33. The Balaban J connectivity index is 1.80. The molecule has 0 spiro atoms. The molecule has 3 heterocycles. The number of hydrogen-bond acceptors (Lipinski definition) is 4. The second-order valence-corrected chi connectivity index (χ2v) is 6.33. The molecule has 0 radical (unpaired) electrons. The van der Waals surface area contributed by atoms with Gasteiger partial charge in [0, 0.05) is 12.7 Å². The molecule has 0 saturated carbocycles. The topological polar surface area (TPSA) is 74.8 Å². The Morgan fingerprint density at radius 1 is 1.38 bits per heavy atom. The van der Waals surface area contributed by atoms with Gasteiger partial charge in [0.1, 0.15) is 11.8 Å². The first-order chi connectivity index (χ1) is 11.6. The number of rotatable bonds is 3. The molecule has 0 bridgehead atoms. The van der Waals surface area contributed by atoms with Crippen molar-refractivity contribution in [2.75, 3.05) is 6.54 Å². The highest BCUT2D eigenvalue weighted by Crippen LogP contribution is 2.21. The number of piperidine rings is 1. The lowest BCUT2D eigenvalue weighted by atomic mass is 10.0. The molecule has 1 atom stereocenters. The fourth-order valence-corrected chi connectivity index (χ4v) is 3.19. The van der Waals surface area contributed by atoms with E-state index in [0.29, 0.717) is 23.5 Å². The Kier molecular flexibility index (Phi) is 4.61. The molecule has 0 aromatic carbocycles. The summed E-state index contributed by atoms with van der Waals surface area (Å²) in [4.78, 5) is 19.1. The molecule has 2 aromatic heterocycles. The average Bonchev–Trinajstić information content (AvgIpc) is 2.99. The maximum Gasteiger partial charge on any atom is 0.272 e. The second kappa shape index (κ2) is 6.83. The summed E-state index contributed by atoms with van der Waals surface area (Å²) < 4.78 is 1.91. The van der Waals surface area contributed by atoms with Crippen LogP contribution in [0.25, 0.3) is 0 Å². The molecule has 2 aromatic rings. The largest absolute Gasteiger partial charge is 0.332 e. The molecule has 124 valence electrons. The lowest BCUT2D eigenvalue weighted by molar-refractivity contribution is 0.0577. The number of aromatic nitrogens is 3. The van der Waals surface area contributed by atoms with Gasteiger partial charge in [-0.25, -0.2) is 4.98 Å². The maximum atomic E-state index is 12.9. The smallest absolute Gasteiger partial charge is 0.272 e. The zero-order valence-electron chi connectivity index (χ0n) is 14.1. The van der Waals surface area contributed by atoms with Gasteiger partial charge < -0.3 is 4.90 Å². The van der Waals surface area contributed by atoms with Crippen LogP contribution in [0.15, 0.2) is 24.5 Å². The van der Waals surface area contributed by atoms with Crippen LogP contribution in [0.2, 0.25) is 0 Å². The molecule has 1 fully saturated rings. The first-order valence-electron chi connectivity index (χ1n) is 8.26. The maximum absolute atomic E-state index is 12.9. The minimum atomic E-state index is -0.0591. The first-order valence-corrected chi connectivity index (χ1v) is 8.26. The number of nitrogens with zero attached hydrogens (tertiary/aromatic N) is 5.